The van der Waals surface area contributed by atoms with Gasteiger partial charge in [-0.2, -0.15) is 5.06 Å². The van der Waals surface area contributed by atoms with Crippen LogP contribution in [0.3, 0.4) is 0 Å². The van der Waals surface area contributed by atoms with E-state index in [0.717, 1.165) is 36.4 Å². The first-order valence-corrected chi connectivity index (χ1v) is 5.79. The molecule has 4 saturated carbocycles. The fourth-order valence-corrected chi connectivity index (χ4v) is 4.57. The Bertz CT molecular complexity index is 208. The number of hydrogen-bond donors (Lipinski definition) is 0. The van der Waals surface area contributed by atoms with Gasteiger partial charge in [0.25, 0.3) is 0 Å². The largest absolute Gasteiger partial charge is 0.278 e. The first-order valence-electron chi connectivity index (χ1n) is 5.79. The number of hydrogen-bond acceptors (Lipinski definition) is 2. The fourth-order valence-electron chi connectivity index (χ4n) is 4.57. The third-order valence-corrected chi connectivity index (χ3v) is 4.79. The van der Waals surface area contributed by atoms with E-state index in [1.807, 2.05) is 0 Å². The molecule has 1 heterocycles. The Hall–Kier alpha value is -0.0800. The molecule has 0 aromatic carbocycles. The SMILES string of the molecule is C1C2CC3CC1CC(C2)C3N1CO1. The Morgan fingerprint density at radius 3 is 1.85 bits per heavy atom. The van der Waals surface area contributed by atoms with Gasteiger partial charge in [-0.25, -0.2) is 0 Å². The van der Waals surface area contributed by atoms with Crippen molar-refractivity contribution in [3.05, 3.63) is 0 Å². The van der Waals surface area contributed by atoms with E-state index < -0.39 is 0 Å². The summed E-state index contributed by atoms with van der Waals surface area (Å²) in [6.07, 6.45) is 7.60. The van der Waals surface area contributed by atoms with Crippen molar-refractivity contribution in [2.75, 3.05) is 6.73 Å². The van der Waals surface area contributed by atoms with Crippen LogP contribution in [0, 0.1) is 23.7 Å². The van der Waals surface area contributed by atoms with Crippen LogP contribution in [0.25, 0.3) is 0 Å². The van der Waals surface area contributed by atoms with Gasteiger partial charge in [-0.1, -0.05) is 0 Å². The first-order chi connectivity index (χ1) is 6.40. The van der Waals surface area contributed by atoms with Crippen LogP contribution in [-0.4, -0.2) is 17.8 Å². The van der Waals surface area contributed by atoms with Crippen LogP contribution in [0.2, 0.25) is 0 Å². The van der Waals surface area contributed by atoms with Crippen molar-refractivity contribution in [3.63, 3.8) is 0 Å². The maximum atomic E-state index is 5.37. The lowest BCUT2D eigenvalue weighted by Gasteiger charge is -2.54. The molecule has 1 saturated heterocycles. The summed E-state index contributed by atoms with van der Waals surface area (Å²) in [5.41, 5.74) is 0. The van der Waals surface area contributed by atoms with Crippen LogP contribution >= 0.6 is 0 Å². The van der Waals surface area contributed by atoms with Gasteiger partial charge in [0.15, 0.2) is 0 Å². The molecule has 13 heavy (non-hydrogen) atoms. The highest BCUT2D eigenvalue weighted by Crippen LogP contribution is 2.56. The lowest BCUT2D eigenvalue weighted by Crippen LogP contribution is -2.51. The molecule has 1 aliphatic heterocycles. The molecule has 0 aromatic rings. The van der Waals surface area contributed by atoms with Crippen LogP contribution in [0.4, 0.5) is 0 Å². The van der Waals surface area contributed by atoms with Gasteiger partial charge in [-0.15, -0.1) is 0 Å². The van der Waals surface area contributed by atoms with E-state index in [2.05, 4.69) is 5.06 Å². The Kier molecular flexibility index (Phi) is 1.28. The highest BCUT2D eigenvalue weighted by molar-refractivity contribution is 5.01. The molecule has 4 bridgehead atoms. The van der Waals surface area contributed by atoms with Gasteiger partial charge in [0.2, 0.25) is 0 Å². The molecule has 0 amide bonds. The van der Waals surface area contributed by atoms with E-state index >= 15 is 0 Å². The Morgan fingerprint density at radius 2 is 1.38 bits per heavy atom. The molecule has 0 radical (unpaired) electrons. The van der Waals surface area contributed by atoms with Gasteiger partial charge in [0.1, 0.15) is 6.73 Å². The van der Waals surface area contributed by atoms with Crippen molar-refractivity contribution in [1.82, 2.24) is 5.06 Å². The van der Waals surface area contributed by atoms with Crippen LogP contribution in [0.1, 0.15) is 32.1 Å². The lowest BCUT2D eigenvalue weighted by atomic mass is 9.54. The van der Waals surface area contributed by atoms with Crippen molar-refractivity contribution in [3.8, 4) is 0 Å². The molecule has 5 aliphatic rings. The second-order valence-corrected chi connectivity index (χ2v) is 5.60. The van der Waals surface area contributed by atoms with E-state index in [9.17, 15) is 0 Å². The molecule has 2 nitrogen and oxygen atoms in total. The maximum absolute atomic E-state index is 5.37. The third kappa shape index (κ3) is 0.962. The predicted octanol–water partition coefficient (Wildman–Crippen LogP) is 2.02. The number of hydroxylamine groups is 2. The van der Waals surface area contributed by atoms with Crippen LogP contribution in [-0.2, 0) is 4.84 Å². The van der Waals surface area contributed by atoms with Crippen molar-refractivity contribution >= 4 is 0 Å². The highest BCUT2D eigenvalue weighted by atomic mass is 16.8. The normalized spacial score (nSPS) is 62.8. The van der Waals surface area contributed by atoms with E-state index in [0.29, 0.717) is 0 Å². The van der Waals surface area contributed by atoms with Crippen LogP contribution < -0.4 is 0 Å². The molecule has 5 fully saturated rings. The molecular formula is C11H17NO. The predicted molar refractivity (Wildman–Crippen MR) is 48.6 cm³/mol. The number of nitrogens with zero attached hydrogens (tertiary/aromatic N) is 1. The fraction of sp³-hybridized carbons (Fsp3) is 1.00. The summed E-state index contributed by atoms with van der Waals surface area (Å²) in [4.78, 5) is 5.37. The standard InChI is InChI=1S/C11H17NO/c1-7-2-9-4-8(1)5-10(3-7)11(9)12-6-13-12/h7-11H,1-6H2. The summed E-state index contributed by atoms with van der Waals surface area (Å²) in [7, 11) is 0. The smallest absolute Gasteiger partial charge is 0.144 e. The van der Waals surface area contributed by atoms with Crippen molar-refractivity contribution < 1.29 is 4.84 Å². The molecular weight excluding hydrogens is 162 g/mol. The lowest BCUT2D eigenvalue weighted by molar-refractivity contribution is -0.0690. The molecule has 0 N–H and O–H groups in total. The van der Waals surface area contributed by atoms with E-state index in [-0.39, 0.29) is 0 Å². The molecule has 72 valence electrons. The second kappa shape index (κ2) is 2.29. The maximum Gasteiger partial charge on any atom is 0.144 e. The van der Waals surface area contributed by atoms with Crippen LogP contribution in [0.15, 0.2) is 0 Å². The highest BCUT2D eigenvalue weighted by Gasteiger charge is 2.52. The van der Waals surface area contributed by atoms with Gasteiger partial charge in [0, 0.05) is 6.04 Å². The summed E-state index contributed by atoms with van der Waals surface area (Å²) in [5.74, 6) is 4.19. The summed E-state index contributed by atoms with van der Waals surface area (Å²) in [6, 6.07) is 0.827. The van der Waals surface area contributed by atoms with Crippen molar-refractivity contribution in [1.29, 1.82) is 0 Å². The minimum Gasteiger partial charge on any atom is -0.278 e. The summed E-state index contributed by atoms with van der Waals surface area (Å²) >= 11 is 0. The Morgan fingerprint density at radius 1 is 0.846 bits per heavy atom. The summed E-state index contributed by atoms with van der Waals surface area (Å²) < 4.78 is 0. The third-order valence-electron chi connectivity index (χ3n) is 4.79. The zero-order chi connectivity index (χ0) is 8.41. The molecule has 5 rings (SSSR count). The van der Waals surface area contributed by atoms with Crippen molar-refractivity contribution in [2.24, 2.45) is 23.7 Å². The minimum atomic E-state index is 0.827. The summed E-state index contributed by atoms with van der Waals surface area (Å²) in [6.45, 7) is 0.924. The molecule has 4 aliphatic carbocycles. The minimum absolute atomic E-state index is 0.827. The second-order valence-electron chi connectivity index (χ2n) is 5.60. The van der Waals surface area contributed by atoms with Gasteiger partial charge in [0.05, 0.1) is 0 Å². The molecule has 0 spiro atoms. The monoisotopic (exact) mass is 179 g/mol. The first kappa shape index (κ1) is 7.24. The zero-order valence-corrected chi connectivity index (χ0v) is 7.98. The molecule has 0 aromatic heterocycles. The quantitative estimate of drug-likeness (QED) is 0.572. The Labute approximate surface area is 79.2 Å². The average molecular weight is 179 g/mol. The zero-order valence-electron chi connectivity index (χ0n) is 7.98. The average Bonchev–Trinajstić information content (AvgIpc) is 2.85. The van der Waals surface area contributed by atoms with E-state index in [4.69, 9.17) is 4.84 Å². The Balaban J connectivity index is 1.66. The number of rotatable bonds is 1. The molecule has 1 unspecified atom stereocenters. The van der Waals surface area contributed by atoms with E-state index in [1.165, 1.54) is 25.7 Å². The summed E-state index contributed by atoms with van der Waals surface area (Å²) in [5, 5.41) is 2.26. The van der Waals surface area contributed by atoms with Gasteiger partial charge < -0.3 is 0 Å². The molecule has 1 atom stereocenters. The van der Waals surface area contributed by atoms with Gasteiger partial charge >= 0.3 is 0 Å². The van der Waals surface area contributed by atoms with E-state index in [1.54, 1.807) is 6.42 Å². The van der Waals surface area contributed by atoms with Crippen LogP contribution in [0.5, 0.6) is 0 Å². The topological polar surface area (TPSA) is 15.5 Å². The van der Waals surface area contributed by atoms with Gasteiger partial charge in [-0.05, 0) is 55.8 Å². The van der Waals surface area contributed by atoms with Gasteiger partial charge in [-0.3, -0.25) is 4.84 Å². The van der Waals surface area contributed by atoms with Crippen molar-refractivity contribution in [2.45, 2.75) is 38.1 Å². The molecule has 2 heteroatoms.